The molecule has 1 heterocycles. The van der Waals surface area contributed by atoms with Crippen molar-refractivity contribution in [3.05, 3.63) is 23.8 Å². The number of aliphatic hydroxyl groups is 1. The summed E-state index contributed by atoms with van der Waals surface area (Å²) in [5, 5.41) is 9.14. The van der Waals surface area contributed by atoms with Crippen molar-refractivity contribution in [3.8, 4) is 11.5 Å². The van der Waals surface area contributed by atoms with Crippen LogP contribution in [-0.2, 0) is 4.74 Å². The molecule has 1 aliphatic heterocycles. The Kier molecular flexibility index (Phi) is 5.41. The fourth-order valence-electron chi connectivity index (χ4n) is 2.27. The highest BCUT2D eigenvalue weighted by molar-refractivity contribution is 5.95. The molecule has 2 rings (SSSR count). The SMILES string of the molecule is CCOc1ccc(C(=O)N2CCOC(CO)C2)cc1OC. The summed E-state index contributed by atoms with van der Waals surface area (Å²) in [6, 6.07) is 5.13. The molecular formula is C15H21NO5. The van der Waals surface area contributed by atoms with Crippen LogP contribution in [0.3, 0.4) is 0 Å². The summed E-state index contributed by atoms with van der Waals surface area (Å²) in [4.78, 5) is 14.2. The van der Waals surface area contributed by atoms with Gasteiger partial charge in [0.25, 0.3) is 5.91 Å². The number of benzene rings is 1. The molecule has 1 N–H and O–H groups in total. The van der Waals surface area contributed by atoms with Gasteiger partial charge in [0.15, 0.2) is 11.5 Å². The summed E-state index contributed by atoms with van der Waals surface area (Å²) in [6.07, 6.45) is -0.313. The summed E-state index contributed by atoms with van der Waals surface area (Å²) < 4.78 is 16.0. The van der Waals surface area contributed by atoms with Crippen LogP contribution in [0.25, 0.3) is 0 Å². The largest absolute Gasteiger partial charge is 0.493 e. The van der Waals surface area contributed by atoms with Gasteiger partial charge >= 0.3 is 0 Å². The molecular weight excluding hydrogens is 274 g/mol. The summed E-state index contributed by atoms with van der Waals surface area (Å²) in [5.41, 5.74) is 0.536. The average molecular weight is 295 g/mol. The Labute approximate surface area is 124 Å². The Hall–Kier alpha value is -1.79. The van der Waals surface area contributed by atoms with Gasteiger partial charge in [-0.3, -0.25) is 4.79 Å². The van der Waals surface area contributed by atoms with Crippen molar-refractivity contribution in [3.63, 3.8) is 0 Å². The zero-order chi connectivity index (χ0) is 15.2. The maximum Gasteiger partial charge on any atom is 0.254 e. The first kappa shape index (κ1) is 15.6. The second-order valence-corrected chi connectivity index (χ2v) is 4.73. The molecule has 21 heavy (non-hydrogen) atoms. The van der Waals surface area contributed by atoms with E-state index >= 15 is 0 Å². The van der Waals surface area contributed by atoms with Gasteiger partial charge in [-0.1, -0.05) is 0 Å². The van der Waals surface area contributed by atoms with Crippen molar-refractivity contribution >= 4 is 5.91 Å². The topological polar surface area (TPSA) is 68.2 Å². The maximum atomic E-state index is 12.5. The molecule has 0 bridgehead atoms. The van der Waals surface area contributed by atoms with Crippen LogP contribution in [0.4, 0.5) is 0 Å². The first-order valence-corrected chi connectivity index (χ1v) is 7.02. The van der Waals surface area contributed by atoms with E-state index in [4.69, 9.17) is 19.3 Å². The van der Waals surface area contributed by atoms with Gasteiger partial charge in [0.1, 0.15) is 0 Å². The molecule has 0 radical (unpaired) electrons. The highest BCUT2D eigenvalue weighted by atomic mass is 16.5. The first-order chi connectivity index (χ1) is 10.2. The predicted molar refractivity (Wildman–Crippen MR) is 76.9 cm³/mol. The van der Waals surface area contributed by atoms with Crippen LogP contribution in [0.2, 0.25) is 0 Å². The van der Waals surface area contributed by atoms with E-state index < -0.39 is 0 Å². The zero-order valence-electron chi connectivity index (χ0n) is 12.4. The highest BCUT2D eigenvalue weighted by Gasteiger charge is 2.25. The Bertz CT molecular complexity index is 491. The van der Waals surface area contributed by atoms with Gasteiger partial charge in [-0.2, -0.15) is 0 Å². The van der Waals surface area contributed by atoms with Gasteiger partial charge in [0.05, 0.1) is 33.0 Å². The number of rotatable bonds is 5. The summed E-state index contributed by atoms with van der Waals surface area (Å²) in [5.74, 6) is 1.06. The Balaban J connectivity index is 2.15. The third-order valence-corrected chi connectivity index (χ3v) is 3.34. The lowest BCUT2D eigenvalue weighted by Gasteiger charge is -2.32. The van der Waals surface area contributed by atoms with E-state index in [-0.39, 0.29) is 18.6 Å². The zero-order valence-corrected chi connectivity index (χ0v) is 12.4. The number of methoxy groups -OCH3 is 1. The van der Waals surface area contributed by atoms with E-state index in [9.17, 15) is 4.79 Å². The Morgan fingerprint density at radius 1 is 1.48 bits per heavy atom. The second kappa shape index (κ2) is 7.28. The number of aliphatic hydroxyl groups excluding tert-OH is 1. The molecule has 0 aliphatic carbocycles. The first-order valence-electron chi connectivity index (χ1n) is 7.02. The number of morpholine rings is 1. The molecule has 6 heteroatoms. The van der Waals surface area contributed by atoms with E-state index in [1.807, 2.05) is 6.92 Å². The predicted octanol–water partition coefficient (Wildman–Crippen LogP) is 0.927. The van der Waals surface area contributed by atoms with Crippen LogP contribution in [0.5, 0.6) is 11.5 Å². The van der Waals surface area contributed by atoms with Gasteiger partial charge in [-0.15, -0.1) is 0 Å². The van der Waals surface area contributed by atoms with Crippen molar-refractivity contribution in [2.45, 2.75) is 13.0 Å². The third-order valence-electron chi connectivity index (χ3n) is 3.34. The minimum Gasteiger partial charge on any atom is -0.493 e. The molecule has 1 atom stereocenters. The molecule has 6 nitrogen and oxygen atoms in total. The van der Waals surface area contributed by atoms with Gasteiger partial charge in [0.2, 0.25) is 0 Å². The van der Waals surface area contributed by atoms with E-state index in [1.165, 1.54) is 0 Å². The van der Waals surface area contributed by atoms with Gasteiger partial charge in [-0.25, -0.2) is 0 Å². The minimum atomic E-state index is -0.313. The van der Waals surface area contributed by atoms with E-state index in [2.05, 4.69) is 0 Å². The number of amides is 1. The number of carbonyl (C=O) groups is 1. The molecule has 1 saturated heterocycles. The number of hydrogen-bond donors (Lipinski definition) is 1. The normalized spacial score (nSPS) is 18.4. The molecule has 0 spiro atoms. The summed E-state index contributed by atoms with van der Waals surface area (Å²) in [7, 11) is 1.54. The fourth-order valence-corrected chi connectivity index (χ4v) is 2.27. The Morgan fingerprint density at radius 3 is 2.95 bits per heavy atom. The molecule has 0 saturated carbocycles. The van der Waals surface area contributed by atoms with E-state index in [0.29, 0.717) is 43.4 Å². The average Bonchev–Trinajstić information content (AvgIpc) is 2.54. The van der Waals surface area contributed by atoms with Crippen LogP contribution >= 0.6 is 0 Å². The van der Waals surface area contributed by atoms with Crippen LogP contribution < -0.4 is 9.47 Å². The monoisotopic (exact) mass is 295 g/mol. The summed E-state index contributed by atoms with van der Waals surface area (Å²) >= 11 is 0. The van der Waals surface area contributed by atoms with Crippen molar-refractivity contribution in [1.82, 2.24) is 4.90 Å². The van der Waals surface area contributed by atoms with Crippen molar-refractivity contribution in [2.75, 3.05) is 40.0 Å². The van der Waals surface area contributed by atoms with Gasteiger partial charge in [0, 0.05) is 18.7 Å². The maximum absolute atomic E-state index is 12.5. The van der Waals surface area contributed by atoms with Crippen LogP contribution in [0.15, 0.2) is 18.2 Å². The van der Waals surface area contributed by atoms with Gasteiger partial charge in [-0.05, 0) is 25.1 Å². The molecule has 1 aliphatic rings. The minimum absolute atomic E-state index is 0.0869. The number of hydrogen-bond acceptors (Lipinski definition) is 5. The number of carbonyl (C=O) groups excluding carboxylic acids is 1. The quantitative estimate of drug-likeness (QED) is 0.875. The van der Waals surface area contributed by atoms with Crippen LogP contribution in [0, 0.1) is 0 Å². The lowest BCUT2D eigenvalue weighted by atomic mass is 10.1. The van der Waals surface area contributed by atoms with Crippen molar-refractivity contribution in [2.24, 2.45) is 0 Å². The standard InChI is InChI=1S/C15H21NO5/c1-3-20-13-5-4-11(8-14(13)19-2)15(18)16-6-7-21-12(9-16)10-17/h4-5,8,12,17H,3,6-7,9-10H2,1-2H3. The fraction of sp³-hybridized carbons (Fsp3) is 0.533. The third kappa shape index (κ3) is 3.65. The van der Waals surface area contributed by atoms with Crippen molar-refractivity contribution in [1.29, 1.82) is 0 Å². The van der Waals surface area contributed by atoms with Crippen LogP contribution in [0.1, 0.15) is 17.3 Å². The van der Waals surface area contributed by atoms with Crippen LogP contribution in [-0.4, -0.2) is 62.0 Å². The van der Waals surface area contributed by atoms with Gasteiger partial charge < -0.3 is 24.2 Å². The Morgan fingerprint density at radius 2 is 2.29 bits per heavy atom. The van der Waals surface area contributed by atoms with E-state index in [1.54, 1.807) is 30.2 Å². The lowest BCUT2D eigenvalue weighted by molar-refractivity contribution is -0.0447. The molecule has 1 unspecified atom stereocenters. The highest BCUT2D eigenvalue weighted by Crippen LogP contribution is 2.28. The second-order valence-electron chi connectivity index (χ2n) is 4.73. The molecule has 1 aromatic carbocycles. The molecule has 1 amide bonds. The lowest BCUT2D eigenvalue weighted by Crippen LogP contribution is -2.46. The molecule has 1 aromatic rings. The molecule has 0 aromatic heterocycles. The number of ether oxygens (including phenoxy) is 3. The van der Waals surface area contributed by atoms with Crippen molar-refractivity contribution < 1.29 is 24.1 Å². The number of nitrogens with zero attached hydrogens (tertiary/aromatic N) is 1. The summed E-state index contributed by atoms with van der Waals surface area (Å²) in [6.45, 7) is 3.68. The molecule has 116 valence electrons. The van der Waals surface area contributed by atoms with E-state index in [0.717, 1.165) is 0 Å². The molecule has 1 fully saturated rings. The smallest absolute Gasteiger partial charge is 0.254 e.